The molecule has 2 aliphatic rings. The highest BCUT2D eigenvalue weighted by molar-refractivity contribution is 5.99. The summed E-state index contributed by atoms with van der Waals surface area (Å²) < 4.78 is 16.2. The number of carbonyl (C=O) groups is 2. The summed E-state index contributed by atoms with van der Waals surface area (Å²) in [6.45, 7) is 4.49. The van der Waals surface area contributed by atoms with Gasteiger partial charge in [0.2, 0.25) is 5.76 Å². The van der Waals surface area contributed by atoms with Gasteiger partial charge in [-0.05, 0) is 36.2 Å². The van der Waals surface area contributed by atoms with Gasteiger partial charge in [0, 0.05) is 26.2 Å². The van der Waals surface area contributed by atoms with Gasteiger partial charge in [-0.1, -0.05) is 24.3 Å². The highest BCUT2D eigenvalue weighted by atomic mass is 16.5. The van der Waals surface area contributed by atoms with Crippen molar-refractivity contribution in [2.75, 3.05) is 46.5 Å². The number of amides is 1. The van der Waals surface area contributed by atoms with Crippen LogP contribution in [0, 0.1) is 0 Å². The number of benzene rings is 2. The fourth-order valence-electron chi connectivity index (χ4n) is 4.75. The van der Waals surface area contributed by atoms with E-state index < -0.39 is 12.0 Å². The smallest absolute Gasteiger partial charge is 0.337 e. The maximum Gasteiger partial charge on any atom is 0.337 e. The van der Waals surface area contributed by atoms with Gasteiger partial charge in [-0.3, -0.25) is 14.5 Å². The first-order chi connectivity index (χ1) is 16.6. The lowest BCUT2D eigenvalue weighted by atomic mass is 9.97. The summed E-state index contributed by atoms with van der Waals surface area (Å²) in [4.78, 5) is 42.9. The van der Waals surface area contributed by atoms with Crippen molar-refractivity contribution >= 4 is 22.8 Å². The standard InChI is InChI=1S/C26H26N2O6/c1-32-26(31)18-9-7-17(8-10-18)22-21-23(29)19-5-2-3-6-20(19)34-24(21)25(30)28(22)12-4-11-27-13-15-33-16-14-27/h2-3,5-10,22H,4,11-16H2,1H3/t22-/m1/s1. The third-order valence-corrected chi connectivity index (χ3v) is 6.50. The van der Waals surface area contributed by atoms with E-state index in [1.165, 1.54) is 7.11 Å². The molecule has 0 N–H and O–H groups in total. The van der Waals surface area contributed by atoms with Crippen LogP contribution < -0.4 is 5.43 Å². The molecule has 0 radical (unpaired) electrons. The fourth-order valence-corrected chi connectivity index (χ4v) is 4.75. The number of rotatable bonds is 6. The predicted octanol–water partition coefficient (Wildman–Crippen LogP) is 2.85. The van der Waals surface area contributed by atoms with E-state index in [2.05, 4.69) is 4.90 Å². The van der Waals surface area contributed by atoms with Crippen molar-refractivity contribution in [2.45, 2.75) is 12.5 Å². The van der Waals surface area contributed by atoms with Crippen molar-refractivity contribution in [3.8, 4) is 0 Å². The van der Waals surface area contributed by atoms with Crippen LogP contribution in [0.3, 0.4) is 0 Å². The predicted molar refractivity (Wildman–Crippen MR) is 125 cm³/mol. The Morgan fingerprint density at radius 3 is 2.50 bits per heavy atom. The average molecular weight is 463 g/mol. The summed E-state index contributed by atoms with van der Waals surface area (Å²) in [7, 11) is 1.33. The number of nitrogens with zero attached hydrogens (tertiary/aromatic N) is 2. The minimum absolute atomic E-state index is 0.0946. The molecule has 3 aromatic rings. The normalized spacial score (nSPS) is 18.3. The van der Waals surface area contributed by atoms with Crippen LogP contribution in [-0.4, -0.2) is 68.2 Å². The van der Waals surface area contributed by atoms with Gasteiger partial charge in [0.05, 0.1) is 42.9 Å². The molecule has 1 saturated heterocycles. The molecule has 1 aromatic heterocycles. The highest BCUT2D eigenvalue weighted by Gasteiger charge is 2.42. The van der Waals surface area contributed by atoms with E-state index in [0.717, 1.165) is 31.6 Å². The lowest BCUT2D eigenvalue weighted by Crippen LogP contribution is -2.38. The molecule has 0 unspecified atom stereocenters. The molecule has 0 saturated carbocycles. The van der Waals surface area contributed by atoms with Crippen molar-refractivity contribution in [1.29, 1.82) is 0 Å². The minimum atomic E-state index is -0.584. The molecule has 1 atom stereocenters. The van der Waals surface area contributed by atoms with Crippen molar-refractivity contribution in [3.05, 3.63) is 81.2 Å². The van der Waals surface area contributed by atoms with E-state index in [1.807, 2.05) is 0 Å². The number of methoxy groups -OCH3 is 1. The Morgan fingerprint density at radius 1 is 1.03 bits per heavy atom. The number of hydrogen-bond acceptors (Lipinski definition) is 7. The van der Waals surface area contributed by atoms with Gasteiger partial charge in [-0.25, -0.2) is 4.79 Å². The molecule has 0 spiro atoms. The van der Waals surface area contributed by atoms with E-state index in [4.69, 9.17) is 13.9 Å². The van der Waals surface area contributed by atoms with Gasteiger partial charge in [0.1, 0.15) is 5.58 Å². The maximum absolute atomic E-state index is 13.5. The summed E-state index contributed by atoms with van der Waals surface area (Å²) >= 11 is 0. The lowest BCUT2D eigenvalue weighted by molar-refractivity contribution is 0.0353. The Bertz CT molecular complexity index is 1280. The second-order valence-corrected chi connectivity index (χ2v) is 8.49. The summed E-state index contributed by atoms with van der Waals surface area (Å²) in [5.74, 6) is -0.638. The number of esters is 1. The SMILES string of the molecule is COC(=O)c1ccc([C@@H]2c3c(oc4ccccc4c3=O)C(=O)N2CCCN2CCOCC2)cc1. The fraction of sp³-hybridized carbons (Fsp3) is 0.346. The van der Waals surface area contributed by atoms with Gasteiger partial charge in [0.25, 0.3) is 5.91 Å². The van der Waals surface area contributed by atoms with Crippen LogP contribution in [0.4, 0.5) is 0 Å². The van der Waals surface area contributed by atoms with Crippen LogP contribution in [-0.2, 0) is 9.47 Å². The average Bonchev–Trinajstić information content (AvgIpc) is 3.16. The van der Waals surface area contributed by atoms with Crippen LogP contribution >= 0.6 is 0 Å². The van der Waals surface area contributed by atoms with Crippen LogP contribution in [0.5, 0.6) is 0 Å². The molecule has 0 bridgehead atoms. The van der Waals surface area contributed by atoms with E-state index in [0.29, 0.717) is 41.9 Å². The van der Waals surface area contributed by atoms with Crippen LogP contribution in [0.2, 0.25) is 0 Å². The maximum atomic E-state index is 13.5. The third-order valence-electron chi connectivity index (χ3n) is 6.50. The molecule has 34 heavy (non-hydrogen) atoms. The number of hydrogen-bond donors (Lipinski definition) is 0. The number of para-hydroxylation sites is 1. The van der Waals surface area contributed by atoms with E-state index in [-0.39, 0.29) is 17.1 Å². The van der Waals surface area contributed by atoms with Crippen LogP contribution in [0.1, 0.15) is 44.5 Å². The zero-order chi connectivity index (χ0) is 23.7. The highest BCUT2D eigenvalue weighted by Crippen LogP contribution is 2.38. The molecule has 1 amide bonds. The van der Waals surface area contributed by atoms with Gasteiger partial charge < -0.3 is 18.8 Å². The number of ether oxygens (including phenoxy) is 2. The molecule has 8 heteroatoms. The topological polar surface area (TPSA) is 89.3 Å². The number of carbonyl (C=O) groups excluding carboxylic acids is 2. The Morgan fingerprint density at radius 2 is 1.76 bits per heavy atom. The van der Waals surface area contributed by atoms with Crippen molar-refractivity contribution in [1.82, 2.24) is 9.80 Å². The summed E-state index contributed by atoms with van der Waals surface area (Å²) in [5.41, 5.74) is 1.69. The quantitative estimate of drug-likeness (QED) is 0.521. The Balaban J connectivity index is 1.51. The van der Waals surface area contributed by atoms with Gasteiger partial charge in [-0.15, -0.1) is 0 Å². The van der Waals surface area contributed by atoms with Crippen molar-refractivity contribution in [2.24, 2.45) is 0 Å². The molecule has 2 aliphatic heterocycles. The zero-order valence-corrected chi connectivity index (χ0v) is 19.0. The largest absolute Gasteiger partial charge is 0.465 e. The second-order valence-electron chi connectivity index (χ2n) is 8.49. The Kier molecular flexibility index (Phi) is 6.17. The van der Waals surface area contributed by atoms with Gasteiger partial charge >= 0.3 is 5.97 Å². The van der Waals surface area contributed by atoms with Crippen molar-refractivity contribution < 1.29 is 23.5 Å². The number of fused-ring (bicyclic) bond motifs is 2. The summed E-state index contributed by atoms with van der Waals surface area (Å²) in [5, 5.41) is 0.445. The molecule has 3 heterocycles. The summed E-state index contributed by atoms with van der Waals surface area (Å²) in [6, 6.07) is 13.2. The third kappa shape index (κ3) is 3.99. The molecular weight excluding hydrogens is 436 g/mol. The number of morpholine rings is 1. The first kappa shape index (κ1) is 22.3. The second kappa shape index (κ2) is 9.40. The zero-order valence-electron chi connectivity index (χ0n) is 19.0. The lowest BCUT2D eigenvalue weighted by Gasteiger charge is -2.29. The minimum Gasteiger partial charge on any atom is -0.465 e. The van der Waals surface area contributed by atoms with E-state index in [9.17, 15) is 14.4 Å². The first-order valence-corrected chi connectivity index (χ1v) is 11.4. The van der Waals surface area contributed by atoms with E-state index in [1.54, 1.807) is 53.4 Å². The molecule has 2 aromatic carbocycles. The van der Waals surface area contributed by atoms with E-state index >= 15 is 0 Å². The summed E-state index contributed by atoms with van der Waals surface area (Å²) in [6.07, 6.45) is 0.754. The van der Waals surface area contributed by atoms with Crippen LogP contribution in [0.15, 0.2) is 57.7 Å². The molecule has 8 nitrogen and oxygen atoms in total. The van der Waals surface area contributed by atoms with Crippen molar-refractivity contribution in [3.63, 3.8) is 0 Å². The Labute approximate surface area is 196 Å². The molecule has 0 aliphatic carbocycles. The molecule has 176 valence electrons. The van der Waals surface area contributed by atoms with Gasteiger partial charge in [-0.2, -0.15) is 0 Å². The molecule has 1 fully saturated rings. The monoisotopic (exact) mass is 462 g/mol. The molecular formula is C26H26N2O6. The first-order valence-electron chi connectivity index (χ1n) is 11.4. The van der Waals surface area contributed by atoms with Crippen LogP contribution in [0.25, 0.3) is 11.0 Å². The molecule has 5 rings (SSSR count). The Hall–Kier alpha value is -3.49. The van der Waals surface area contributed by atoms with Gasteiger partial charge in [0.15, 0.2) is 5.43 Å².